The zero-order valence-electron chi connectivity index (χ0n) is 56.6. The first-order valence-electron chi connectivity index (χ1n) is 35.3. The SMILES string of the molecule is CCC(C)CCCCCCCCCCC(=O)O[C@H](COC(=O)CCCCCCCCCCC(C)C)COP(=O)(O)OCC(O)COP(=O)(O)OC[C@@H](COC(=O)CCCCCCCCC(C)CC)OC(=O)CCCCCCCCCCCCCC(C)C. The smallest absolute Gasteiger partial charge is 0.462 e. The fourth-order valence-corrected chi connectivity index (χ4v) is 11.7. The van der Waals surface area contributed by atoms with Crippen molar-refractivity contribution in [2.75, 3.05) is 39.6 Å². The van der Waals surface area contributed by atoms with Crippen LogP contribution in [0.1, 0.15) is 331 Å². The van der Waals surface area contributed by atoms with E-state index in [1.807, 2.05) is 0 Å². The number of unbranched alkanes of at least 4 members (excludes halogenated alkanes) is 29. The average Bonchev–Trinajstić information content (AvgIpc) is 3.52. The molecular formula is C68H132O17P2. The van der Waals surface area contributed by atoms with Gasteiger partial charge in [-0.1, -0.05) is 280 Å². The van der Waals surface area contributed by atoms with Crippen LogP contribution >= 0.6 is 15.6 Å². The summed E-state index contributed by atoms with van der Waals surface area (Å²) in [5.41, 5.74) is 0. The summed E-state index contributed by atoms with van der Waals surface area (Å²) in [7, 11) is -9.90. The van der Waals surface area contributed by atoms with Gasteiger partial charge in [0.25, 0.3) is 0 Å². The number of esters is 4. The lowest BCUT2D eigenvalue weighted by Gasteiger charge is -2.21. The fraction of sp³-hybridized carbons (Fsp3) is 0.941. The normalized spacial score (nSPS) is 15.0. The standard InChI is InChI=1S/C68H132O17P2/c1-9-60(7)46-38-30-22-17-19-25-35-43-51-68(73)85-63(54-78-65(70)48-40-32-23-18-16-21-29-37-45-59(5)6)56-82-86(74,75)80-52-62(69)53-81-87(76,77)83-57-64(55-79-66(71)49-41-33-27-26-31-39-47-61(8)10-2)84-67(72)50-42-34-24-15-13-11-12-14-20-28-36-44-58(3)4/h58-64,69H,9-57H2,1-8H3,(H,74,75)(H,76,77)/t60?,61?,62?,63-,64-/m1/s1. The average molecular weight is 1280 g/mol. The lowest BCUT2D eigenvalue weighted by Crippen LogP contribution is -2.30. The molecular weight excluding hydrogens is 1150 g/mol. The van der Waals surface area contributed by atoms with Gasteiger partial charge in [0.15, 0.2) is 12.2 Å². The molecule has 0 spiro atoms. The molecule has 0 radical (unpaired) electrons. The molecule has 0 bridgehead atoms. The largest absolute Gasteiger partial charge is 0.472 e. The Bertz CT molecular complexity index is 1730. The molecule has 0 saturated carbocycles. The number of aliphatic hydroxyl groups excluding tert-OH is 1. The Morgan fingerprint density at radius 1 is 0.322 bits per heavy atom. The number of ether oxygens (including phenoxy) is 4. The monoisotopic (exact) mass is 1280 g/mol. The molecule has 5 unspecified atom stereocenters. The fourth-order valence-electron chi connectivity index (χ4n) is 10.1. The predicted octanol–water partition coefficient (Wildman–Crippen LogP) is 18.9. The van der Waals surface area contributed by atoms with Crippen molar-refractivity contribution >= 4 is 39.5 Å². The first kappa shape index (κ1) is 85.1. The van der Waals surface area contributed by atoms with Gasteiger partial charge in [-0.05, 0) is 49.4 Å². The van der Waals surface area contributed by atoms with Crippen molar-refractivity contribution in [1.82, 2.24) is 0 Å². The van der Waals surface area contributed by atoms with E-state index in [0.29, 0.717) is 25.7 Å². The van der Waals surface area contributed by atoms with Crippen LogP contribution in [-0.4, -0.2) is 96.7 Å². The van der Waals surface area contributed by atoms with E-state index in [4.69, 9.17) is 37.0 Å². The predicted molar refractivity (Wildman–Crippen MR) is 349 cm³/mol. The van der Waals surface area contributed by atoms with Crippen LogP contribution in [0.3, 0.4) is 0 Å². The summed E-state index contributed by atoms with van der Waals surface area (Å²) in [6, 6.07) is 0. The maximum atomic E-state index is 13.0. The second-order valence-electron chi connectivity index (χ2n) is 26.0. The van der Waals surface area contributed by atoms with Crippen LogP contribution in [0.4, 0.5) is 0 Å². The van der Waals surface area contributed by atoms with Crippen molar-refractivity contribution in [1.29, 1.82) is 0 Å². The first-order chi connectivity index (χ1) is 41.7. The Hall–Kier alpha value is -1.94. The molecule has 0 amide bonds. The number of phosphoric ester groups is 2. The van der Waals surface area contributed by atoms with Gasteiger partial charge in [-0.25, -0.2) is 9.13 Å². The summed E-state index contributed by atoms with van der Waals surface area (Å²) in [5, 5.41) is 10.6. The molecule has 0 fully saturated rings. The van der Waals surface area contributed by atoms with Crippen molar-refractivity contribution in [3.8, 4) is 0 Å². The van der Waals surface area contributed by atoms with Crippen molar-refractivity contribution < 1.29 is 80.2 Å². The van der Waals surface area contributed by atoms with Gasteiger partial charge in [-0.2, -0.15) is 0 Å². The molecule has 0 aliphatic heterocycles. The molecule has 0 aliphatic carbocycles. The van der Waals surface area contributed by atoms with Gasteiger partial charge in [-0.15, -0.1) is 0 Å². The van der Waals surface area contributed by atoms with E-state index >= 15 is 0 Å². The first-order valence-corrected chi connectivity index (χ1v) is 38.3. The molecule has 87 heavy (non-hydrogen) atoms. The van der Waals surface area contributed by atoms with Crippen LogP contribution in [0.5, 0.6) is 0 Å². The number of rotatable bonds is 65. The highest BCUT2D eigenvalue weighted by molar-refractivity contribution is 7.47. The molecule has 0 saturated heterocycles. The maximum absolute atomic E-state index is 13.0. The summed E-state index contributed by atoms with van der Waals surface area (Å²) in [4.78, 5) is 72.4. The number of carbonyl (C=O) groups excluding carboxylic acids is 4. The Balaban J connectivity index is 5.27. The van der Waals surface area contributed by atoms with E-state index in [2.05, 4.69) is 55.4 Å². The second kappa shape index (κ2) is 57.9. The number of phosphoric acid groups is 2. The van der Waals surface area contributed by atoms with Crippen LogP contribution in [-0.2, 0) is 65.4 Å². The van der Waals surface area contributed by atoms with E-state index in [1.165, 1.54) is 128 Å². The summed E-state index contributed by atoms with van der Waals surface area (Å²) < 4.78 is 68.2. The van der Waals surface area contributed by atoms with E-state index in [-0.39, 0.29) is 25.7 Å². The lowest BCUT2D eigenvalue weighted by molar-refractivity contribution is -0.161. The van der Waals surface area contributed by atoms with Gasteiger partial charge in [0.05, 0.1) is 26.4 Å². The van der Waals surface area contributed by atoms with E-state index < -0.39 is 97.5 Å². The minimum absolute atomic E-state index is 0.104. The summed E-state index contributed by atoms with van der Waals surface area (Å²) in [5.74, 6) is 0.857. The number of carbonyl (C=O) groups is 4. The zero-order valence-corrected chi connectivity index (χ0v) is 58.4. The summed E-state index contributed by atoms with van der Waals surface area (Å²) >= 11 is 0. The van der Waals surface area contributed by atoms with Crippen LogP contribution in [0.2, 0.25) is 0 Å². The molecule has 0 heterocycles. The van der Waals surface area contributed by atoms with Crippen molar-refractivity contribution in [3.63, 3.8) is 0 Å². The van der Waals surface area contributed by atoms with Crippen molar-refractivity contribution in [3.05, 3.63) is 0 Å². The minimum Gasteiger partial charge on any atom is -0.462 e. The molecule has 0 aromatic rings. The van der Waals surface area contributed by atoms with Gasteiger partial charge in [0, 0.05) is 25.7 Å². The Kier molecular flexibility index (Phi) is 56.6. The highest BCUT2D eigenvalue weighted by atomic mass is 31.2. The third-order valence-corrected chi connectivity index (χ3v) is 18.2. The third-order valence-electron chi connectivity index (χ3n) is 16.3. The number of hydrogen-bond donors (Lipinski definition) is 3. The molecule has 0 rings (SSSR count). The molecule has 7 atom stereocenters. The Labute approximate surface area is 530 Å². The highest BCUT2D eigenvalue weighted by Gasteiger charge is 2.30. The van der Waals surface area contributed by atoms with E-state index in [0.717, 1.165) is 120 Å². The van der Waals surface area contributed by atoms with Crippen molar-refractivity contribution in [2.45, 2.75) is 350 Å². The van der Waals surface area contributed by atoms with Crippen molar-refractivity contribution in [2.24, 2.45) is 23.7 Å². The maximum Gasteiger partial charge on any atom is 0.472 e. The zero-order chi connectivity index (χ0) is 64.7. The Morgan fingerprint density at radius 3 is 0.816 bits per heavy atom. The topological polar surface area (TPSA) is 237 Å². The highest BCUT2D eigenvalue weighted by Crippen LogP contribution is 2.45. The molecule has 0 aliphatic rings. The van der Waals surface area contributed by atoms with Gasteiger partial charge < -0.3 is 33.8 Å². The minimum atomic E-state index is -4.95. The Morgan fingerprint density at radius 2 is 0.552 bits per heavy atom. The van der Waals surface area contributed by atoms with E-state index in [1.54, 1.807) is 0 Å². The molecule has 17 nitrogen and oxygen atoms in total. The second-order valence-corrected chi connectivity index (χ2v) is 28.9. The molecule has 516 valence electrons. The summed E-state index contributed by atoms with van der Waals surface area (Å²) in [6.45, 7) is 14.1. The molecule has 3 N–H and O–H groups in total. The summed E-state index contributed by atoms with van der Waals surface area (Å²) in [6.07, 6.45) is 38.9. The molecule has 0 aromatic heterocycles. The van der Waals surface area contributed by atoms with Gasteiger partial charge >= 0.3 is 39.5 Å². The van der Waals surface area contributed by atoms with E-state index in [9.17, 15) is 43.2 Å². The third kappa shape index (κ3) is 60.1. The molecule has 0 aromatic carbocycles. The van der Waals surface area contributed by atoms with Crippen LogP contribution in [0, 0.1) is 23.7 Å². The van der Waals surface area contributed by atoms with Crippen LogP contribution in [0.15, 0.2) is 0 Å². The van der Waals surface area contributed by atoms with Crippen LogP contribution < -0.4 is 0 Å². The number of aliphatic hydroxyl groups is 1. The lowest BCUT2D eigenvalue weighted by atomic mass is 9.99. The van der Waals surface area contributed by atoms with Gasteiger partial charge in [0.1, 0.15) is 19.3 Å². The van der Waals surface area contributed by atoms with Gasteiger partial charge in [0.2, 0.25) is 0 Å². The molecule has 19 heteroatoms. The van der Waals surface area contributed by atoms with Gasteiger partial charge in [-0.3, -0.25) is 37.3 Å². The van der Waals surface area contributed by atoms with Crippen LogP contribution in [0.25, 0.3) is 0 Å². The number of hydrogen-bond acceptors (Lipinski definition) is 15. The quantitative estimate of drug-likeness (QED) is 0.0222.